The summed E-state index contributed by atoms with van der Waals surface area (Å²) < 4.78 is 7.41. The summed E-state index contributed by atoms with van der Waals surface area (Å²) in [5, 5.41) is 15.3. The van der Waals surface area contributed by atoms with Crippen molar-refractivity contribution in [2.45, 2.75) is 82.3 Å². The van der Waals surface area contributed by atoms with Gasteiger partial charge in [-0.25, -0.2) is 0 Å². The lowest BCUT2D eigenvalue weighted by atomic mass is 9.78. The predicted molar refractivity (Wildman–Crippen MR) is 159 cm³/mol. The van der Waals surface area contributed by atoms with Crippen molar-refractivity contribution in [1.82, 2.24) is 9.78 Å². The SMILES string of the molecule is COc1ccc(C2CCC(CN(C(=O)C3CCC(O)CC3)c3cccc(-c4cnn(C5CC5)c4)c3)CC2)cc1Cl. The average Bonchev–Trinajstić information content (AvgIpc) is 3.72. The Kier molecular flexibility index (Phi) is 8.17. The van der Waals surface area contributed by atoms with Gasteiger partial charge in [0.1, 0.15) is 5.75 Å². The van der Waals surface area contributed by atoms with E-state index in [2.05, 4.69) is 57.3 Å². The van der Waals surface area contributed by atoms with E-state index in [4.69, 9.17) is 16.3 Å². The second kappa shape index (κ2) is 12.0. The van der Waals surface area contributed by atoms with Gasteiger partial charge in [0.25, 0.3) is 0 Å². The highest BCUT2D eigenvalue weighted by Crippen LogP contribution is 2.40. The van der Waals surface area contributed by atoms with Crippen molar-refractivity contribution in [2.24, 2.45) is 11.8 Å². The van der Waals surface area contributed by atoms with E-state index in [0.29, 0.717) is 41.5 Å². The molecule has 3 saturated carbocycles. The molecule has 0 radical (unpaired) electrons. The molecule has 2 aromatic carbocycles. The normalized spacial score (nSPS) is 25.0. The summed E-state index contributed by atoms with van der Waals surface area (Å²) in [6.45, 7) is 0.735. The molecule has 40 heavy (non-hydrogen) atoms. The van der Waals surface area contributed by atoms with Crippen LogP contribution in [-0.4, -0.2) is 40.6 Å². The van der Waals surface area contributed by atoms with Crippen molar-refractivity contribution in [1.29, 1.82) is 0 Å². The van der Waals surface area contributed by atoms with E-state index >= 15 is 0 Å². The number of nitrogens with zero attached hydrogens (tertiary/aromatic N) is 3. The van der Waals surface area contributed by atoms with Crippen molar-refractivity contribution in [3.63, 3.8) is 0 Å². The number of methoxy groups -OCH3 is 1. The van der Waals surface area contributed by atoms with Crippen LogP contribution in [0.5, 0.6) is 5.75 Å². The number of benzene rings is 2. The summed E-state index contributed by atoms with van der Waals surface area (Å²) in [7, 11) is 1.64. The summed E-state index contributed by atoms with van der Waals surface area (Å²) >= 11 is 6.42. The van der Waals surface area contributed by atoms with Gasteiger partial charge in [-0.2, -0.15) is 5.10 Å². The van der Waals surface area contributed by atoms with Gasteiger partial charge in [0, 0.05) is 29.9 Å². The van der Waals surface area contributed by atoms with Gasteiger partial charge in [0.15, 0.2) is 0 Å². The molecule has 3 aromatic rings. The Balaban J connectivity index is 1.19. The minimum absolute atomic E-state index is 0.0255. The zero-order chi connectivity index (χ0) is 27.6. The number of carbonyl (C=O) groups excluding carboxylic acids is 1. The Morgan fingerprint density at radius 1 is 1.00 bits per heavy atom. The van der Waals surface area contributed by atoms with E-state index < -0.39 is 0 Å². The molecule has 3 aliphatic rings. The van der Waals surface area contributed by atoms with Gasteiger partial charge in [0.2, 0.25) is 5.91 Å². The quantitative estimate of drug-likeness (QED) is 0.311. The highest BCUT2D eigenvalue weighted by Gasteiger charge is 2.32. The van der Waals surface area contributed by atoms with Crippen LogP contribution in [0.2, 0.25) is 5.02 Å². The zero-order valence-corrected chi connectivity index (χ0v) is 24.1. The Hall–Kier alpha value is -2.83. The summed E-state index contributed by atoms with van der Waals surface area (Å²) in [6.07, 6.45) is 13.5. The fourth-order valence-corrected chi connectivity index (χ4v) is 6.88. The van der Waals surface area contributed by atoms with Crippen molar-refractivity contribution in [3.8, 4) is 16.9 Å². The topological polar surface area (TPSA) is 67.6 Å². The van der Waals surface area contributed by atoms with Crippen molar-refractivity contribution < 1.29 is 14.6 Å². The molecule has 1 aromatic heterocycles. The molecule has 6 rings (SSSR count). The van der Waals surface area contributed by atoms with E-state index in [9.17, 15) is 9.90 Å². The number of amides is 1. The first-order valence-corrected chi connectivity index (χ1v) is 15.3. The number of ether oxygens (including phenoxy) is 1. The molecule has 1 N–H and O–H groups in total. The van der Waals surface area contributed by atoms with Gasteiger partial charge in [-0.15, -0.1) is 0 Å². The van der Waals surface area contributed by atoms with Gasteiger partial charge in [-0.3, -0.25) is 9.48 Å². The standard InChI is InChI=1S/C33H40ClN3O3/c1-40-32-16-11-26(18-31(32)34)23-7-5-22(6-8-23)20-36(33(39)24-9-14-30(38)15-10-24)29-4-2-3-25(17-29)27-19-35-37(21-27)28-12-13-28/h2-4,11,16-19,21-24,28,30,38H,5-10,12-15,20H2,1H3. The summed E-state index contributed by atoms with van der Waals surface area (Å²) in [6, 6.07) is 15.1. The largest absolute Gasteiger partial charge is 0.495 e. The van der Waals surface area contributed by atoms with E-state index in [1.54, 1.807) is 7.11 Å². The first kappa shape index (κ1) is 27.3. The minimum Gasteiger partial charge on any atom is -0.495 e. The van der Waals surface area contributed by atoms with E-state index in [-0.39, 0.29) is 17.9 Å². The van der Waals surface area contributed by atoms with Crippen LogP contribution in [0.1, 0.15) is 81.7 Å². The monoisotopic (exact) mass is 561 g/mol. The molecular weight excluding hydrogens is 522 g/mol. The lowest BCUT2D eigenvalue weighted by Crippen LogP contribution is -2.41. The number of aromatic nitrogens is 2. The first-order chi connectivity index (χ1) is 19.5. The second-order valence-corrected chi connectivity index (χ2v) is 12.5. The molecule has 3 aliphatic carbocycles. The van der Waals surface area contributed by atoms with Gasteiger partial charge in [0.05, 0.1) is 30.5 Å². The minimum atomic E-state index is -0.273. The van der Waals surface area contributed by atoms with E-state index in [0.717, 1.165) is 61.9 Å². The number of hydrogen-bond donors (Lipinski definition) is 1. The molecule has 1 amide bonds. The van der Waals surface area contributed by atoms with Crippen molar-refractivity contribution in [2.75, 3.05) is 18.6 Å². The number of halogens is 1. The van der Waals surface area contributed by atoms with Crippen LogP contribution < -0.4 is 9.64 Å². The Bertz CT molecular complexity index is 1320. The third-order valence-corrected chi connectivity index (χ3v) is 9.56. The number of rotatable bonds is 8. The molecule has 3 fully saturated rings. The van der Waals surface area contributed by atoms with Crippen LogP contribution >= 0.6 is 11.6 Å². The molecule has 0 atom stereocenters. The Morgan fingerprint density at radius 2 is 1.77 bits per heavy atom. The molecule has 0 spiro atoms. The smallest absolute Gasteiger partial charge is 0.230 e. The van der Waals surface area contributed by atoms with Crippen molar-refractivity contribution in [3.05, 3.63) is 65.4 Å². The number of aliphatic hydroxyl groups is 1. The van der Waals surface area contributed by atoms with Gasteiger partial charge in [-0.1, -0.05) is 29.8 Å². The molecule has 0 unspecified atom stereocenters. The van der Waals surface area contributed by atoms with Gasteiger partial charge in [-0.05, 0) is 111 Å². The summed E-state index contributed by atoms with van der Waals surface area (Å²) in [5.41, 5.74) is 4.44. The molecule has 212 valence electrons. The number of anilines is 1. The predicted octanol–water partition coefficient (Wildman–Crippen LogP) is 7.41. The van der Waals surface area contributed by atoms with Crippen molar-refractivity contribution >= 4 is 23.2 Å². The molecular formula is C33H40ClN3O3. The molecule has 0 saturated heterocycles. The third kappa shape index (κ3) is 6.08. The fourth-order valence-electron chi connectivity index (χ4n) is 6.62. The number of aliphatic hydroxyl groups excluding tert-OH is 1. The van der Waals surface area contributed by atoms with Crippen LogP contribution in [0.15, 0.2) is 54.9 Å². The van der Waals surface area contributed by atoms with Crippen LogP contribution in [0.25, 0.3) is 11.1 Å². The average molecular weight is 562 g/mol. The maximum Gasteiger partial charge on any atom is 0.230 e. The lowest BCUT2D eigenvalue weighted by Gasteiger charge is -2.36. The summed E-state index contributed by atoms with van der Waals surface area (Å²) in [5.74, 6) is 1.83. The Labute approximate surface area is 242 Å². The summed E-state index contributed by atoms with van der Waals surface area (Å²) in [4.78, 5) is 16.1. The van der Waals surface area contributed by atoms with Crippen LogP contribution in [0.4, 0.5) is 5.69 Å². The maximum absolute atomic E-state index is 14.0. The first-order valence-electron chi connectivity index (χ1n) is 15.0. The van der Waals surface area contributed by atoms with Crippen LogP contribution in [-0.2, 0) is 4.79 Å². The Morgan fingerprint density at radius 3 is 2.48 bits per heavy atom. The molecule has 1 heterocycles. The number of carbonyl (C=O) groups is 1. The lowest BCUT2D eigenvalue weighted by molar-refractivity contribution is -0.124. The van der Waals surface area contributed by atoms with Crippen LogP contribution in [0, 0.1) is 11.8 Å². The van der Waals surface area contributed by atoms with Crippen LogP contribution in [0.3, 0.4) is 0 Å². The highest BCUT2D eigenvalue weighted by molar-refractivity contribution is 6.32. The van der Waals surface area contributed by atoms with Gasteiger partial charge >= 0.3 is 0 Å². The molecule has 0 aliphatic heterocycles. The molecule has 6 nitrogen and oxygen atoms in total. The molecule has 7 heteroatoms. The van der Waals surface area contributed by atoms with E-state index in [1.807, 2.05) is 12.3 Å². The zero-order valence-electron chi connectivity index (χ0n) is 23.3. The number of hydrogen-bond acceptors (Lipinski definition) is 4. The van der Waals surface area contributed by atoms with Gasteiger partial charge < -0.3 is 14.7 Å². The molecule has 0 bridgehead atoms. The van der Waals surface area contributed by atoms with E-state index in [1.165, 1.54) is 18.4 Å². The fraction of sp³-hybridized carbons (Fsp3) is 0.515. The third-order valence-electron chi connectivity index (χ3n) is 9.26. The second-order valence-electron chi connectivity index (χ2n) is 12.1. The highest BCUT2D eigenvalue weighted by atomic mass is 35.5. The maximum atomic E-state index is 14.0.